The number of hydrogen-bond acceptors (Lipinski definition) is 3. The molecule has 4 nitrogen and oxygen atoms in total. The molecule has 5 heteroatoms. The first-order valence-corrected chi connectivity index (χ1v) is 5.55. The number of amides is 1. The van der Waals surface area contributed by atoms with Gasteiger partial charge < -0.3 is 4.90 Å². The molecule has 1 aliphatic rings. The summed E-state index contributed by atoms with van der Waals surface area (Å²) in [5, 5.41) is -0.620. The van der Waals surface area contributed by atoms with Gasteiger partial charge in [0.2, 0.25) is 5.91 Å². The van der Waals surface area contributed by atoms with Gasteiger partial charge in [-0.25, -0.2) is 8.42 Å². The molecule has 0 aromatic heterocycles. The molecule has 1 unspecified atom stereocenters. The third kappa shape index (κ3) is 1.33. The van der Waals surface area contributed by atoms with Gasteiger partial charge in [-0.2, -0.15) is 0 Å². The van der Waals surface area contributed by atoms with E-state index in [-0.39, 0.29) is 17.6 Å². The third-order valence-corrected chi connectivity index (χ3v) is 4.28. The van der Waals surface area contributed by atoms with E-state index in [0.717, 1.165) is 0 Å². The van der Waals surface area contributed by atoms with Crippen LogP contribution in [0.5, 0.6) is 0 Å². The number of sulfone groups is 1. The average Bonchev–Trinajstić information content (AvgIpc) is 2.01. The molecule has 1 saturated heterocycles. The Morgan fingerprint density at radius 3 is 2.17 bits per heavy atom. The zero-order chi connectivity index (χ0) is 9.52. The molecule has 0 aromatic rings. The van der Waals surface area contributed by atoms with Gasteiger partial charge in [-0.1, -0.05) is 13.8 Å². The first kappa shape index (κ1) is 9.51. The molecule has 1 heterocycles. The lowest BCUT2D eigenvalue weighted by Gasteiger charge is -2.21. The van der Waals surface area contributed by atoms with Gasteiger partial charge >= 0.3 is 0 Å². The Labute approximate surface area is 72.5 Å². The van der Waals surface area contributed by atoms with Crippen molar-refractivity contribution in [3.05, 3.63) is 0 Å². The van der Waals surface area contributed by atoms with Crippen molar-refractivity contribution in [2.75, 3.05) is 12.8 Å². The summed E-state index contributed by atoms with van der Waals surface area (Å²) in [5.74, 6) is -0.660. The molecule has 70 valence electrons. The number of rotatable bonds is 1. The van der Waals surface area contributed by atoms with Crippen LogP contribution >= 0.6 is 0 Å². The summed E-state index contributed by atoms with van der Waals surface area (Å²) in [6.45, 7) is 3.61. The molecule has 12 heavy (non-hydrogen) atoms. The smallest absolute Gasteiger partial charge is 0.238 e. The summed E-state index contributed by atoms with van der Waals surface area (Å²) in [7, 11) is -1.67. The second kappa shape index (κ2) is 2.73. The van der Waals surface area contributed by atoms with E-state index in [0.29, 0.717) is 0 Å². The summed E-state index contributed by atoms with van der Waals surface area (Å²) in [5.41, 5.74) is 0. The standard InChI is InChI=1S/C7H13NO3S/c1-5(2)7-8(3)6(9)4-12(7,10)11/h5,7H,4H2,1-3H3. The minimum atomic E-state index is -3.21. The van der Waals surface area contributed by atoms with Gasteiger partial charge in [0.1, 0.15) is 11.1 Å². The summed E-state index contributed by atoms with van der Waals surface area (Å²) < 4.78 is 22.7. The molecular formula is C7H13NO3S. The Hall–Kier alpha value is -0.580. The molecule has 1 amide bonds. The normalized spacial score (nSPS) is 28.5. The molecule has 0 spiro atoms. The fourth-order valence-electron chi connectivity index (χ4n) is 1.60. The van der Waals surface area contributed by atoms with Crippen LogP contribution in [0.3, 0.4) is 0 Å². The van der Waals surface area contributed by atoms with E-state index in [2.05, 4.69) is 0 Å². The number of hydrogen-bond donors (Lipinski definition) is 0. The first-order chi connectivity index (χ1) is 5.36. The number of carbonyl (C=O) groups excluding carboxylic acids is 1. The van der Waals surface area contributed by atoms with E-state index in [9.17, 15) is 13.2 Å². The predicted molar refractivity (Wildman–Crippen MR) is 45.2 cm³/mol. The van der Waals surface area contributed by atoms with Crippen molar-refractivity contribution in [1.82, 2.24) is 4.90 Å². The van der Waals surface area contributed by atoms with Gasteiger partial charge in [0, 0.05) is 7.05 Å². The fraction of sp³-hybridized carbons (Fsp3) is 0.857. The summed E-state index contributed by atoms with van der Waals surface area (Å²) in [6, 6.07) is 0. The zero-order valence-corrected chi connectivity index (χ0v) is 8.26. The highest BCUT2D eigenvalue weighted by Gasteiger charge is 2.43. The van der Waals surface area contributed by atoms with Crippen molar-refractivity contribution in [3.63, 3.8) is 0 Å². The van der Waals surface area contributed by atoms with Crippen LogP contribution in [0.2, 0.25) is 0 Å². The Balaban J connectivity index is 3.06. The molecule has 1 fully saturated rings. The van der Waals surface area contributed by atoms with Gasteiger partial charge in [-0.3, -0.25) is 4.79 Å². The lowest BCUT2D eigenvalue weighted by atomic mass is 10.2. The zero-order valence-electron chi connectivity index (χ0n) is 7.44. The van der Waals surface area contributed by atoms with Crippen molar-refractivity contribution in [3.8, 4) is 0 Å². The first-order valence-electron chi connectivity index (χ1n) is 3.83. The quantitative estimate of drug-likeness (QED) is 0.579. The monoisotopic (exact) mass is 191 g/mol. The molecular weight excluding hydrogens is 178 g/mol. The predicted octanol–water partition coefficient (Wildman–Crippen LogP) is -0.145. The van der Waals surface area contributed by atoms with Crippen molar-refractivity contribution >= 4 is 15.7 Å². The molecule has 1 aliphatic heterocycles. The van der Waals surface area contributed by atoms with Gasteiger partial charge in [-0.15, -0.1) is 0 Å². The van der Waals surface area contributed by atoms with Crippen molar-refractivity contribution in [1.29, 1.82) is 0 Å². The van der Waals surface area contributed by atoms with E-state index >= 15 is 0 Å². The van der Waals surface area contributed by atoms with Crippen LogP contribution in [0.4, 0.5) is 0 Å². The fourth-order valence-corrected chi connectivity index (χ4v) is 3.75. The summed E-state index contributed by atoms with van der Waals surface area (Å²) in [6.07, 6.45) is 0. The molecule has 0 saturated carbocycles. The van der Waals surface area contributed by atoms with Crippen LogP contribution in [-0.4, -0.2) is 37.4 Å². The summed E-state index contributed by atoms with van der Waals surface area (Å²) in [4.78, 5) is 12.4. The van der Waals surface area contributed by atoms with Gasteiger partial charge in [-0.05, 0) is 5.92 Å². The Kier molecular flexibility index (Phi) is 2.16. The highest BCUT2D eigenvalue weighted by molar-refractivity contribution is 7.93. The van der Waals surface area contributed by atoms with Gasteiger partial charge in [0.15, 0.2) is 9.84 Å². The molecule has 0 N–H and O–H groups in total. The molecule has 0 bridgehead atoms. The van der Waals surface area contributed by atoms with Crippen LogP contribution in [0.1, 0.15) is 13.8 Å². The number of carbonyl (C=O) groups is 1. The van der Waals surface area contributed by atoms with Crippen molar-refractivity contribution < 1.29 is 13.2 Å². The highest BCUT2D eigenvalue weighted by atomic mass is 32.2. The van der Waals surface area contributed by atoms with E-state index < -0.39 is 15.2 Å². The molecule has 0 aliphatic carbocycles. The van der Waals surface area contributed by atoms with Crippen LogP contribution in [-0.2, 0) is 14.6 Å². The van der Waals surface area contributed by atoms with Gasteiger partial charge in [0.25, 0.3) is 0 Å². The SMILES string of the molecule is CC(C)C1N(C)C(=O)CS1(=O)=O. The highest BCUT2D eigenvalue weighted by Crippen LogP contribution is 2.23. The maximum absolute atomic E-state index is 11.4. The minimum Gasteiger partial charge on any atom is -0.328 e. The topological polar surface area (TPSA) is 54.5 Å². The largest absolute Gasteiger partial charge is 0.328 e. The maximum Gasteiger partial charge on any atom is 0.238 e. The maximum atomic E-state index is 11.4. The lowest BCUT2D eigenvalue weighted by Crippen LogP contribution is -2.35. The third-order valence-electron chi connectivity index (χ3n) is 2.04. The van der Waals surface area contributed by atoms with Gasteiger partial charge in [0.05, 0.1) is 0 Å². The molecule has 0 radical (unpaired) electrons. The molecule has 1 atom stereocenters. The van der Waals surface area contributed by atoms with E-state index in [1.165, 1.54) is 11.9 Å². The number of nitrogens with zero attached hydrogens (tertiary/aromatic N) is 1. The van der Waals surface area contributed by atoms with Crippen LogP contribution < -0.4 is 0 Å². The van der Waals surface area contributed by atoms with Crippen LogP contribution in [0, 0.1) is 5.92 Å². The van der Waals surface area contributed by atoms with E-state index in [1.54, 1.807) is 13.8 Å². The van der Waals surface area contributed by atoms with Crippen LogP contribution in [0.25, 0.3) is 0 Å². The van der Waals surface area contributed by atoms with Crippen molar-refractivity contribution in [2.45, 2.75) is 19.2 Å². The molecule has 1 rings (SSSR count). The lowest BCUT2D eigenvalue weighted by molar-refractivity contribution is -0.127. The Morgan fingerprint density at radius 2 is 2.00 bits per heavy atom. The Bertz CT molecular complexity index is 294. The summed E-state index contributed by atoms with van der Waals surface area (Å²) >= 11 is 0. The Morgan fingerprint density at radius 1 is 1.50 bits per heavy atom. The average molecular weight is 191 g/mol. The minimum absolute atomic E-state index is 0.0357. The second-order valence-electron chi connectivity index (χ2n) is 3.45. The van der Waals surface area contributed by atoms with E-state index in [4.69, 9.17) is 0 Å². The van der Waals surface area contributed by atoms with E-state index in [1.807, 2.05) is 0 Å². The van der Waals surface area contributed by atoms with Crippen molar-refractivity contribution in [2.24, 2.45) is 5.92 Å². The molecule has 0 aromatic carbocycles. The second-order valence-corrected chi connectivity index (χ2v) is 5.54. The van der Waals surface area contributed by atoms with Crippen LogP contribution in [0.15, 0.2) is 0 Å².